The van der Waals surface area contributed by atoms with E-state index in [-0.39, 0.29) is 5.78 Å². The SMILES string of the molecule is O=C(/C=C/c1ccccc1Br)c1ccccc1/C=N/N1CCc2ccccc21. The Morgan fingerprint density at radius 2 is 1.64 bits per heavy atom. The second-order valence-corrected chi connectivity index (χ2v) is 7.41. The molecule has 3 nitrogen and oxygen atoms in total. The minimum absolute atomic E-state index is 0.0420. The molecule has 0 aromatic heterocycles. The predicted octanol–water partition coefficient (Wildman–Crippen LogP) is 5.74. The molecule has 1 heterocycles. The van der Waals surface area contributed by atoms with E-state index in [0.29, 0.717) is 5.56 Å². The van der Waals surface area contributed by atoms with Crippen LogP contribution in [-0.4, -0.2) is 18.5 Å². The number of halogens is 1. The lowest BCUT2D eigenvalue weighted by atomic mass is 10.0. The zero-order chi connectivity index (χ0) is 19.3. The van der Waals surface area contributed by atoms with Gasteiger partial charge in [0.1, 0.15) is 0 Å². The molecule has 0 N–H and O–H groups in total. The summed E-state index contributed by atoms with van der Waals surface area (Å²) in [5, 5.41) is 6.63. The average molecular weight is 431 g/mol. The monoisotopic (exact) mass is 430 g/mol. The molecular weight excluding hydrogens is 412 g/mol. The highest BCUT2D eigenvalue weighted by atomic mass is 79.9. The number of nitrogens with zero attached hydrogens (tertiary/aromatic N) is 2. The van der Waals surface area contributed by atoms with E-state index in [2.05, 4.69) is 39.2 Å². The van der Waals surface area contributed by atoms with Crippen LogP contribution in [-0.2, 0) is 6.42 Å². The fourth-order valence-electron chi connectivity index (χ4n) is 3.27. The van der Waals surface area contributed by atoms with Crippen molar-refractivity contribution in [2.75, 3.05) is 11.6 Å². The molecule has 28 heavy (non-hydrogen) atoms. The van der Waals surface area contributed by atoms with Crippen molar-refractivity contribution in [2.45, 2.75) is 6.42 Å². The molecule has 0 unspecified atom stereocenters. The first-order chi connectivity index (χ1) is 13.7. The molecule has 1 aliphatic heterocycles. The predicted molar refractivity (Wildman–Crippen MR) is 119 cm³/mol. The number of hydrazone groups is 1. The maximum atomic E-state index is 12.8. The Morgan fingerprint density at radius 3 is 2.50 bits per heavy atom. The zero-order valence-corrected chi connectivity index (χ0v) is 16.8. The maximum Gasteiger partial charge on any atom is 0.186 e. The lowest BCUT2D eigenvalue weighted by Gasteiger charge is -2.12. The standard InChI is InChI=1S/C24H19BrN2O/c25-22-11-5-2-7-18(22)13-14-24(28)21-10-4-1-9-20(21)17-26-27-16-15-19-8-3-6-12-23(19)27/h1-14,17H,15-16H2/b14-13+,26-17+. The van der Waals surface area contributed by atoms with Crippen molar-refractivity contribution in [1.82, 2.24) is 0 Å². The number of hydrogen-bond donors (Lipinski definition) is 0. The van der Waals surface area contributed by atoms with Gasteiger partial charge in [0.25, 0.3) is 0 Å². The van der Waals surface area contributed by atoms with Gasteiger partial charge in [-0.2, -0.15) is 5.10 Å². The molecule has 0 aliphatic carbocycles. The molecule has 0 atom stereocenters. The van der Waals surface area contributed by atoms with Crippen molar-refractivity contribution in [2.24, 2.45) is 5.10 Å². The molecule has 4 rings (SSSR count). The summed E-state index contributed by atoms with van der Waals surface area (Å²) >= 11 is 3.50. The molecule has 0 spiro atoms. The largest absolute Gasteiger partial charge is 0.289 e. The van der Waals surface area contributed by atoms with Gasteiger partial charge in [0.05, 0.1) is 11.9 Å². The van der Waals surface area contributed by atoms with Gasteiger partial charge in [-0.05, 0) is 41.8 Å². The fourth-order valence-corrected chi connectivity index (χ4v) is 3.69. The fraction of sp³-hybridized carbons (Fsp3) is 0.0833. The number of anilines is 1. The molecule has 0 amide bonds. The molecular formula is C24H19BrN2O. The number of hydrogen-bond acceptors (Lipinski definition) is 3. The molecule has 0 bridgehead atoms. The van der Waals surface area contributed by atoms with Gasteiger partial charge in [-0.1, -0.05) is 76.6 Å². The van der Waals surface area contributed by atoms with Gasteiger partial charge in [0, 0.05) is 22.1 Å². The Kier molecular flexibility index (Phi) is 5.49. The number of carbonyl (C=O) groups excluding carboxylic acids is 1. The molecule has 3 aromatic carbocycles. The Bertz CT molecular complexity index is 1070. The lowest BCUT2D eigenvalue weighted by molar-refractivity contribution is 0.104. The number of fused-ring (bicyclic) bond motifs is 1. The molecule has 3 aromatic rings. The highest BCUT2D eigenvalue weighted by Gasteiger charge is 2.17. The lowest BCUT2D eigenvalue weighted by Crippen LogP contribution is -2.13. The van der Waals surface area contributed by atoms with E-state index < -0.39 is 0 Å². The second kappa shape index (κ2) is 8.36. The zero-order valence-electron chi connectivity index (χ0n) is 15.3. The first kappa shape index (κ1) is 18.4. The van der Waals surface area contributed by atoms with E-state index in [1.54, 1.807) is 12.3 Å². The molecule has 0 saturated heterocycles. The van der Waals surface area contributed by atoms with Crippen LogP contribution in [0.15, 0.2) is 88.4 Å². The first-order valence-electron chi connectivity index (χ1n) is 9.18. The quantitative estimate of drug-likeness (QED) is 0.293. The van der Waals surface area contributed by atoms with Gasteiger partial charge < -0.3 is 0 Å². The van der Waals surface area contributed by atoms with E-state index in [1.165, 1.54) is 5.56 Å². The molecule has 1 aliphatic rings. The third-order valence-corrected chi connectivity index (χ3v) is 5.47. The summed E-state index contributed by atoms with van der Waals surface area (Å²) in [5.41, 5.74) is 4.86. The molecule has 4 heteroatoms. The minimum atomic E-state index is -0.0420. The summed E-state index contributed by atoms with van der Waals surface area (Å²) in [6, 6.07) is 23.7. The Hall–Kier alpha value is -2.98. The summed E-state index contributed by atoms with van der Waals surface area (Å²) in [5.74, 6) is -0.0420. The number of para-hydroxylation sites is 1. The van der Waals surface area contributed by atoms with Gasteiger partial charge in [-0.25, -0.2) is 0 Å². The normalized spacial score (nSPS) is 13.4. The van der Waals surface area contributed by atoms with Crippen LogP contribution in [0, 0.1) is 0 Å². The topological polar surface area (TPSA) is 32.7 Å². The van der Waals surface area contributed by atoms with E-state index in [9.17, 15) is 4.79 Å². The number of rotatable bonds is 5. The van der Waals surface area contributed by atoms with E-state index >= 15 is 0 Å². The summed E-state index contributed by atoms with van der Waals surface area (Å²) in [4.78, 5) is 12.8. The van der Waals surface area contributed by atoms with Crippen LogP contribution in [0.5, 0.6) is 0 Å². The van der Waals surface area contributed by atoms with Gasteiger partial charge in [-0.3, -0.25) is 9.80 Å². The van der Waals surface area contributed by atoms with E-state index in [1.807, 2.05) is 65.7 Å². The van der Waals surface area contributed by atoms with Crippen LogP contribution < -0.4 is 5.01 Å². The van der Waals surface area contributed by atoms with Crippen molar-refractivity contribution < 1.29 is 4.79 Å². The van der Waals surface area contributed by atoms with Crippen molar-refractivity contribution in [3.63, 3.8) is 0 Å². The first-order valence-corrected chi connectivity index (χ1v) is 9.97. The molecule has 0 radical (unpaired) electrons. The highest BCUT2D eigenvalue weighted by Crippen LogP contribution is 2.27. The maximum absolute atomic E-state index is 12.8. The van der Waals surface area contributed by atoms with Crippen LogP contribution in [0.1, 0.15) is 27.0 Å². The highest BCUT2D eigenvalue weighted by molar-refractivity contribution is 9.10. The van der Waals surface area contributed by atoms with Gasteiger partial charge in [0.15, 0.2) is 5.78 Å². The number of ketones is 1. The summed E-state index contributed by atoms with van der Waals surface area (Å²) in [7, 11) is 0. The van der Waals surface area contributed by atoms with Crippen LogP contribution in [0.3, 0.4) is 0 Å². The minimum Gasteiger partial charge on any atom is -0.289 e. The Labute approximate surface area is 173 Å². The van der Waals surface area contributed by atoms with Crippen LogP contribution in [0.25, 0.3) is 6.08 Å². The third kappa shape index (κ3) is 3.97. The summed E-state index contributed by atoms with van der Waals surface area (Å²) in [6.45, 7) is 0.855. The van der Waals surface area contributed by atoms with Crippen molar-refractivity contribution in [3.05, 3.63) is 106 Å². The van der Waals surface area contributed by atoms with Crippen molar-refractivity contribution in [3.8, 4) is 0 Å². The van der Waals surface area contributed by atoms with Crippen molar-refractivity contribution >= 4 is 39.7 Å². The number of carbonyl (C=O) groups is 1. The van der Waals surface area contributed by atoms with Crippen LogP contribution in [0.4, 0.5) is 5.69 Å². The number of allylic oxidation sites excluding steroid dienone is 1. The summed E-state index contributed by atoms with van der Waals surface area (Å²) < 4.78 is 0.960. The van der Waals surface area contributed by atoms with Crippen LogP contribution >= 0.6 is 15.9 Å². The molecule has 138 valence electrons. The Morgan fingerprint density at radius 1 is 0.929 bits per heavy atom. The van der Waals surface area contributed by atoms with Crippen LogP contribution in [0.2, 0.25) is 0 Å². The average Bonchev–Trinajstić information content (AvgIpc) is 3.15. The third-order valence-electron chi connectivity index (χ3n) is 4.74. The summed E-state index contributed by atoms with van der Waals surface area (Å²) in [6.07, 6.45) is 6.21. The van der Waals surface area contributed by atoms with Gasteiger partial charge in [0.2, 0.25) is 0 Å². The van der Waals surface area contributed by atoms with Crippen molar-refractivity contribution in [1.29, 1.82) is 0 Å². The van der Waals surface area contributed by atoms with E-state index in [4.69, 9.17) is 0 Å². The smallest absolute Gasteiger partial charge is 0.186 e. The van der Waals surface area contributed by atoms with Gasteiger partial charge in [-0.15, -0.1) is 0 Å². The molecule has 0 saturated carbocycles. The van der Waals surface area contributed by atoms with E-state index in [0.717, 1.165) is 34.3 Å². The second-order valence-electron chi connectivity index (χ2n) is 6.55. The number of benzene rings is 3. The Balaban J connectivity index is 1.56. The molecule has 0 fully saturated rings. The van der Waals surface area contributed by atoms with Gasteiger partial charge >= 0.3 is 0 Å².